The van der Waals surface area contributed by atoms with Crippen molar-refractivity contribution in [2.24, 2.45) is 0 Å². The highest BCUT2D eigenvalue weighted by Gasteiger charge is 2.21. The average Bonchev–Trinajstić information content (AvgIpc) is 3.34. The van der Waals surface area contributed by atoms with Gasteiger partial charge >= 0.3 is 0 Å². The Balaban J connectivity index is 1.71. The predicted octanol–water partition coefficient (Wildman–Crippen LogP) is 5.70. The molecule has 0 N–H and O–H groups in total. The third-order valence-corrected chi connectivity index (χ3v) is 9.01. The predicted molar refractivity (Wildman–Crippen MR) is 175 cm³/mol. The number of nitro groups is 1. The summed E-state index contributed by atoms with van der Waals surface area (Å²) in [6.45, 7) is 5.82. The number of nitrogens with zero attached hydrogens (tertiary/aromatic N) is 5. The largest absolute Gasteiger partial charge is 0.288 e. The van der Waals surface area contributed by atoms with Gasteiger partial charge in [0, 0.05) is 24.0 Å². The molecule has 5 rings (SSSR count). The van der Waals surface area contributed by atoms with Crippen molar-refractivity contribution in [1.29, 1.82) is 5.26 Å². The number of nitriles is 1. The van der Waals surface area contributed by atoms with Crippen molar-refractivity contribution >= 4 is 46.2 Å². The Bertz CT molecular complexity index is 2150. The van der Waals surface area contributed by atoms with E-state index in [1.807, 2.05) is 44.2 Å². The minimum absolute atomic E-state index is 0.165. The second-order valence-electron chi connectivity index (χ2n) is 10.2. The van der Waals surface area contributed by atoms with Crippen LogP contribution in [0.4, 0.5) is 5.69 Å². The van der Waals surface area contributed by atoms with Crippen molar-refractivity contribution in [3.8, 4) is 11.8 Å². The number of rotatable bonds is 9. The van der Waals surface area contributed by atoms with Crippen LogP contribution in [0.1, 0.15) is 46.0 Å². The van der Waals surface area contributed by atoms with Crippen LogP contribution in [0, 0.1) is 35.3 Å². The highest BCUT2D eigenvalue weighted by molar-refractivity contribution is 7.99. The third kappa shape index (κ3) is 6.82. The van der Waals surface area contributed by atoms with Crippen LogP contribution in [0.5, 0.6) is 0 Å². The lowest BCUT2D eigenvalue weighted by Crippen LogP contribution is -2.32. The van der Waals surface area contributed by atoms with Crippen molar-refractivity contribution in [2.45, 2.75) is 43.7 Å². The summed E-state index contributed by atoms with van der Waals surface area (Å²) in [5.74, 6) is -0.493. The highest BCUT2D eigenvalue weighted by atomic mass is 32.2. The van der Waals surface area contributed by atoms with Gasteiger partial charge in [0.05, 0.1) is 20.0 Å². The number of carbonyl (C=O) groups is 1. The number of carbonyl (C=O) groups excluding carboxylic acids is 1. The molecule has 0 saturated heterocycles. The first-order chi connectivity index (χ1) is 21.7. The van der Waals surface area contributed by atoms with Gasteiger partial charge in [0.15, 0.2) is 5.16 Å². The summed E-state index contributed by atoms with van der Waals surface area (Å²) >= 11 is 2.06. The number of aryl methyl sites for hydroxylation is 3. The number of hydrogen-bond acceptors (Lipinski definition) is 9. The fraction of sp³-hybridized carbons (Fsp3) is 0.147. The summed E-state index contributed by atoms with van der Waals surface area (Å²) < 4.78 is 1.80. The van der Waals surface area contributed by atoms with Crippen molar-refractivity contribution < 1.29 is 9.72 Å². The standard InChI is InChI=1S/C34H27N5O4S2/c1-4-6-23-9-12-25(13-10-23)31(40)26(20-35)33-38(27-17-21(2)7-8-22(27)3)32(41)30(44-33)19-24-11-14-29(28(18-24)39(42)43)45-34-36-15-5-16-37-34/h5,7-19H,4,6H2,1-3H3/b30-19+,33-26-. The first kappa shape index (κ1) is 31.3. The fourth-order valence-electron chi connectivity index (χ4n) is 4.72. The van der Waals surface area contributed by atoms with Gasteiger partial charge in [0.2, 0.25) is 5.78 Å². The number of nitro benzene ring substituents is 1. The van der Waals surface area contributed by atoms with E-state index in [0.717, 1.165) is 52.6 Å². The van der Waals surface area contributed by atoms with Gasteiger partial charge in [0.25, 0.3) is 11.2 Å². The van der Waals surface area contributed by atoms with Crippen LogP contribution < -0.4 is 14.8 Å². The van der Waals surface area contributed by atoms with E-state index in [1.165, 1.54) is 16.7 Å². The minimum atomic E-state index is -0.497. The molecular formula is C34H27N5O4S2. The molecule has 11 heteroatoms. The van der Waals surface area contributed by atoms with Crippen molar-refractivity contribution in [3.05, 3.63) is 137 Å². The van der Waals surface area contributed by atoms with Gasteiger partial charge in [0.1, 0.15) is 16.3 Å². The lowest BCUT2D eigenvalue weighted by molar-refractivity contribution is -0.387. The molecule has 0 saturated carbocycles. The second kappa shape index (κ2) is 13.6. The molecular weight excluding hydrogens is 607 g/mol. The second-order valence-corrected chi connectivity index (χ2v) is 12.3. The SMILES string of the molecule is CCCc1ccc(C(=O)/C(C#N)=c2\s/c(=C/c3ccc(Sc4ncccn4)c([N+](=O)[O-])c3)c(=O)n2-c2cc(C)ccc2C)cc1. The van der Waals surface area contributed by atoms with Crippen LogP contribution >= 0.6 is 23.1 Å². The molecule has 45 heavy (non-hydrogen) atoms. The summed E-state index contributed by atoms with van der Waals surface area (Å²) in [6, 6.07) is 21.1. The first-order valence-electron chi connectivity index (χ1n) is 14.0. The van der Waals surface area contributed by atoms with Crippen LogP contribution in [-0.4, -0.2) is 25.2 Å². The van der Waals surface area contributed by atoms with E-state index in [9.17, 15) is 25.0 Å². The molecule has 0 aliphatic carbocycles. The van der Waals surface area contributed by atoms with E-state index in [1.54, 1.807) is 42.7 Å². The van der Waals surface area contributed by atoms with E-state index >= 15 is 0 Å². The zero-order valence-corrected chi connectivity index (χ0v) is 26.3. The monoisotopic (exact) mass is 633 g/mol. The molecule has 0 unspecified atom stereocenters. The van der Waals surface area contributed by atoms with Crippen molar-refractivity contribution in [2.75, 3.05) is 0 Å². The van der Waals surface area contributed by atoms with E-state index < -0.39 is 16.3 Å². The van der Waals surface area contributed by atoms with Gasteiger partial charge in [-0.2, -0.15) is 5.26 Å². The Morgan fingerprint density at radius 1 is 1.09 bits per heavy atom. The molecule has 2 heterocycles. The van der Waals surface area contributed by atoms with Crippen molar-refractivity contribution in [3.63, 3.8) is 0 Å². The van der Waals surface area contributed by atoms with Crippen molar-refractivity contribution in [1.82, 2.24) is 14.5 Å². The molecule has 0 aliphatic rings. The number of hydrogen-bond donors (Lipinski definition) is 0. The molecule has 0 atom stereocenters. The molecule has 3 aromatic carbocycles. The Morgan fingerprint density at radius 2 is 1.82 bits per heavy atom. The number of benzene rings is 3. The molecule has 0 bridgehead atoms. The molecule has 9 nitrogen and oxygen atoms in total. The molecule has 5 aromatic rings. The molecule has 2 aromatic heterocycles. The first-order valence-corrected chi connectivity index (χ1v) is 15.7. The number of Topliss-reactive ketones (excluding diaryl/α,β-unsaturated/α-hetero) is 1. The Hall–Kier alpha value is -5.18. The van der Waals surface area contributed by atoms with Gasteiger partial charge < -0.3 is 0 Å². The van der Waals surface area contributed by atoms with Crippen LogP contribution in [0.3, 0.4) is 0 Å². The summed E-state index contributed by atoms with van der Waals surface area (Å²) in [5.41, 5.74) is 3.29. The summed E-state index contributed by atoms with van der Waals surface area (Å²) in [4.78, 5) is 47.8. The average molecular weight is 634 g/mol. The lowest BCUT2D eigenvalue weighted by Gasteiger charge is -2.09. The zero-order chi connectivity index (χ0) is 32.1. The summed E-state index contributed by atoms with van der Waals surface area (Å²) in [7, 11) is 0. The quantitative estimate of drug-likeness (QED) is 0.0874. The van der Waals surface area contributed by atoms with Crippen LogP contribution in [0.25, 0.3) is 17.3 Å². The summed E-state index contributed by atoms with van der Waals surface area (Å²) in [5, 5.41) is 22.6. The molecule has 224 valence electrons. The topological polar surface area (TPSA) is 132 Å². The van der Waals surface area contributed by atoms with E-state index in [2.05, 4.69) is 23.0 Å². The minimum Gasteiger partial charge on any atom is -0.288 e. The highest BCUT2D eigenvalue weighted by Crippen LogP contribution is 2.33. The number of aromatic nitrogens is 3. The zero-order valence-electron chi connectivity index (χ0n) is 24.7. The van der Waals surface area contributed by atoms with Gasteiger partial charge in [-0.25, -0.2) is 9.97 Å². The molecule has 0 spiro atoms. The molecule has 0 radical (unpaired) electrons. The van der Waals surface area contributed by atoms with Crippen LogP contribution in [0.15, 0.2) is 94.0 Å². The number of thiazole rings is 1. The molecule has 0 aliphatic heterocycles. The normalized spacial score (nSPS) is 12.1. The molecule has 0 fully saturated rings. The fourth-order valence-corrected chi connectivity index (χ4v) is 6.61. The number of ketones is 1. The maximum absolute atomic E-state index is 14.0. The third-order valence-electron chi connectivity index (χ3n) is 6.96. The Labute approximate surface area is 267 Å². The maximum Gasteiger partial charge on any atom is 0.283 e. The molecule has 0 amide bonds. The van der Waals surface area contributed by atoms with E-state index in [4.69, 9.17) is 0 Å². The van der Waals surface area contributed by atoms with Gasteiger partial charge in [-0.15, -0.1) is 11.3 Å². The maximum atomic E-state index is 14.0. The Morgan fingerprint density at radius 3 is 2.49 bits per heavy atom. The van der Waals surface area contributed by atoms with Gasteiger partial charge in [-0.1, -0.05) is 55.8 Å². The van der Waals surface area contributed by atoms with Crippen LogP contribution in [0.2, 0.25) is 0 Å². The Kier molecular flexibility index (Phi) is 9.47. The smallest absolute Gasteiger partial charge is 0.283 e. The van der Waals surface area contributed by atoms with Gasteiger partial charge in [-0.05, 0) is 78.6 Å². The van der Waals surface area contributed by atoms with Gasteiger partial charge in [-0.3, -0.25) is 24.3 Å². The van der Waals surface area contributed by atoms with Crippen LogP contribution in [-0.2, 0) is 6.42 Å². The van der Waals surface area contributed by atoms with E-state index in [-0.39, 0.29) is 20.5 Å². The lowest BCUT2D eigenvalue weighted by atomic mass is 10.0. The van der Waals surface area contributed by atoms with E-state index in [0.29, 0.717) is 26.9 Å². The summed E-state index contributed by atoms with van der Waals surface area (Å²) in [6.07, 6.45) is 6.48.